The lowest BCUT2D eigenvalue weighted by molar-refractivity contribution is -0.138. The number of carbonyl (C=O) groups excluding carboxylic acids is 1. The van der Waals surface area contributed by atoms with Crippen LogP contribution in [0.1, 0.15) is 42.1 Å². The molecule has 0 radical (unpaired) electrons. The smallest absolute Gasteiger partial charge is 0.332 e. The molecule has 12 heteroatoms. The number of aryl methyl sites for hydroxylation is 1. The third-order valence-corrected chi connectivity index (χ3v) is 6.37. The fourth-order valence-corrected chi connectivity index (χ4v) is 4.07. The molecule has 0 aliphatic rings. The normalized spacial score (nSPS) is 12.1. The van der Waals surface area contributed by atoms with E-state index in [0.717, 1.165) is 22.6 Å². The Morgan fingerprint density at radius 3 is 2.47 bits per heavy atom. The van der Waals surface area contributed by atoms with Crippen LogP contribution in [0, 0.1) is 5.82 Å². The van der Waals surface area contributed by atoms with Crippen LogP contribution in [-0.4, -0.2) is 36.2 Å². The molecule has 1 aromatic heterocycles. The van der Waals surface area contributed by atoms with Crippen LogP contribution in [0.5, 0.6) is 0 Å². The zero-order chi connectivity index (χ0) is 26.7. The van der Waals surface area contributed by atoms with E-state index in [-0.39, 0.29) is 35.0 Å². The van der Waals surface area contributed by atoms with Gasteiger partial charge in [-0.3, -0.25) is 0 Å². The number of carbonyl (C=O) groups is 1. The second-order valence-corrected chi connectivity index (χ2v) is 10.9. The Morgan fingerprint density at radius 2 is 1.86 bits per heavy atom. The average Bonchev–Trinajstić information content (AvgIpc) is 3.21. The molecule has 2 N–H and O–H groups in total. The molecule has 36 heavy (non-hydrogen) atoms. The molecule has 1 heterocycles. The molecule has 7 nitrogen and oxygen atoms in total. The van der Waals surface area contributed by atoms with E-state index in [0.29, 0.717) is 11.9 Å². The second-order valence-electron chi connectivity index (χ2n) is 8.66. The van der Waals surface area contributed by atoms with Crippen molar-refractivity contribution < 1.29 is 30.8 Å². The quantitative estimate of drug-likeness (QED) is 0.401. The number of hydrogen-bond acceptors (Lipinski definition) is 4. The molecule has 3 aromatic rings. The first-order chi connectivity index (χ1) is 16.7. The molecule has 3 rings (SSSR count). The number of benzene rings is 2. The number of urea groups is 1. The topological polar surface area (TPSA) is 93.1 Å². The summed E-state index contributed by atoms with van der Waals surface area (Å²) in [5.41, 5.74) is 0.298. The highest BCUT2D eigenvalue weighted by atomic mass is 32.2. The molecule has 0 atom stereocenters. The first-order valence-electron chi connectivity index (χ1n) is 11.0. The Labute approximate surface area is 206 Å². The Bertz CT molecular complexity index is 1350. The van der Waals surface area contributed by atoms with Crippen molar-refractivity contribution in [1.82, 2.24) is 15.1 Å². The van der Waals surface area contributed by atoms with Crippen molar-refractivity contribution in [3.8, 4) is 5.69 Å². The van der Waals surface area contributed by atoms with Gasteiger partial charge in [-0.2, -0.15) is 18.3 Å². The van der Waals surface area contributed by atoms with Crippen LogP contribution in [0.3, 0.4) is 0 Å². The van der Waals surface area contributed by atoms with E-state index in [2.05, 4.69) is 15.7 Å². The highest BCUT2D eigenvalue weighted by molar-refractivity contribution is 7.90. The van der Waals surface area contributed by atoms with Gasteiger partial charge in [0.15, 0.2) is 0 Å². The van der Waals surface area contributed by atoms with Gasteiger partial charge >= 0.3 is 12.2 Å². The van der Waals surface area contributed by atoms with Gasteiger partial charge in [0.2, 0.25) is 0 Å². The minimum absolute atomic E-state index is 0.0284. The molecule has 2 amide bonds. The maximum absolute atomic E-state index is 14.3. The van der Waals surface area contributed by atoms with E-state index < -0.39 is 40.0 Å². The van der Waals surface area contributed by atoms with E-state index in [9.17, 15) is 30.8 Å². The first-order valence-corrected chi connectivity index (χ1v) is 13.1. The molecule has 0 unspecified atom stereocenters. The van der Waals surface area contributed by atoms with E-state index in [1.54, 1.807) is 18.2 Å². The maximum atomic E-state index is 14.3. The van der Waals surface area contributed by atoms with Crippen LogP contribution >= 0.6 is 0 Å². The van der Waals surface area contributed by atoms with Gasteiger partial charge in [0, 0.05) is 11.9 Å². The summed E-state index contributed by atoms with van der Waals surface area (Å²) in [7, 11) is -3.28. The number of anilines is 1. The van der Waals surface area contributed by atoms with Crippen LogP contribution in [-0.2, 0) is 29.0 Å². The van der Waals surface area contributed by atoms with Gasteiger partial charge in [-0.25, -0.2) is 22.3 Å². The number of hydrogen-bond donors (Lipinski definition) is 2. The lowest BCUT2D eigenvalue weighted by atomic mass is 10.0. The van der Waals surface area contributed by atoms with Crippen molar-refractivity contribution >= 4 is 21.6 Å². The van der Waals surface area contributed by atoms with Gasteiger partial charge in [-0.15, -0.1) is 0 Å². The first kappa shape index (κ1) is 27.2. The van der Waals surface area contributed by atoms with Crippen molar-refractivity contribution in [2.45, 2.75) is 38.9 Å². The Kier molecular flexibility index (Phi) is 8.07. The second kappa shape index (κ2) is 10.7. The van der Waals surface area contributed by atoms with Crippen LogP contribution in [0.4, 0.5) is 28.0 Å². The summed E-state index contributed by atoms with van der Waals surface area (Å²) in [5.74, 6) is -0.793. The molecule has 0 aliphatic carbocycles. The summed E-state index contributed by atoms with van der Waals surface area (Å²) in [6, 6.07) is 9.82. The number of alkyl halides is 3. The Morgan fingerprint density at radius 1 is 1.14 bits per heavy atom. The lowest BCUT2D eigenvalue weighted by Gasteiger charge is -2.15. The summed E-state index contributed by atoms with van der Waals surface area (Å²) in [6.07, 6.45) is -2.96. The van der Waals surface area contributed by atoms with Crippen LogP contribution < -0.4 is 10.6 Å². The number of amides is 2. The largest absolute Gasteiger partial charge is 0.419 e. The number of aromatic nitrogens is 2. The molecule has 0 bridgehead atoms. The van der Waals surface area contributed by atoms with E-state index in [1.807, 2.05) is 19.9 Å². The standard InChI is InChI=1S/C24H26F4N4O3S/c1-15(2)17-5-4-6-19(11-17)32-22(20(13-30-32)24(26,27)28)14-29-23(33)31-18-8-7-16(21(25)12-18)9-10-36(3,34)35/h4-8,11-13,15H,9-10,14H2,1-3H3,(H2,29,31,33). The van der Waals surface area contributed by atoms with E-state index in [1.165, 1.54) is 12.1 Å². The van der Waals surface area contributed by atoms with Crippen molar-refractivity contribution in [2.75, 3.05) is 17.3 Å². The minimum Gasteiger partial charge on any atom is -0.332 e. The van der Waals surface area contributed by atoms with Crippen molar-refractivity contribution in [2.24, 2.45) is 0 Å². The summed E-state index contributed by atoms with van der Waals surface area (Å²) in [4.78, 5) is 12.4. The molecule has 194 valence electrons. The summed E-state index contributed by atoms with van der Waals surface area (Å²) >= 11 is 0. The molecule has 0 fully saturated rings. The summed E-state index contributed by atoms with van der Waals surface area (Å²) < 4.78 is 78.8. The molecule has 0 saturated heterocycles. The lowest BCUT2D eigenvalue weighted by Crippen LogP contribution is -2.30. The molecule has 2 aromatic carbocycles. The van der Waals surface area contributed by atoms with Gasteiger partial charge in [-0.1, -0.05) is 32.0 Å². The Balaban J connectivity index is 1.76. The van der Waals surface area contributed by atoms with Gasteiger partial charge in [-0.05, 0) is 47.7 Å². The zero-order valence-corrected chi connectivity index (χ0v) is 20.7. The maximum Gasteiger partial charge on any atom is 0.419 e. The highest BCUT2D eigenvalue weighted by Gasteiger charge is 2.36. The summed E-state index contributed by atoms with van der Waals surface area (Å²) in [6.45, 7) is 3.41. The molecule has 0 aliphatic heterocycles. The van der Waals surface area contributed by atoms with Crippen molar-refractivity contribution in [3.63, 3.8) is 0 Å². The summed E-state index contributed by atoms with van der Waals surface area (Å²) in [5, 5.41) is 8.63. The van der Waals surface area contributed by atoms with E-state index >= 15 is 0 Å². The average molecular weight is 527 g/mol. The van der Waals surface area contributed by atoms with Crippen LogP contribution in [0.15, 0.2) is 48.7 Å². The predicted molar refractivity (Wildman–Crippen MR) is 128 cm³/mol. The number of halogens is 4. The van der Waals surface area contributed by atoms with E-state index in [4.69, 9.17) is 0 Å². The number of sulfone groups is 1. The molecular formula is C24H26F4N4O3S. The molecule has 0 spiro atoms. The SMILES string of the molecule is CC(C)c1cccc(-n2ncc(C(F)(F)F)c2CNC(=O)Nc2ccc(CCS(C)(=O)=O)c(F)c2)c1. The van der Waals surface area contributed by atoms with Gasteiger partial charge in [0.05, 0.1) is 35.4 Å². The minimum atomic E-state index is -4.69. The van der Waals surface area contributed by atoms with Crippen molar-refractivity contribution in [1.29, 1.82) is 0 Å². The predicted octanol–water partition coefficient (Wildman–Crippen LogP) is 5.06. The number of nitrogens with one attached hydrogen (secondary N) is 2. The number of nitrogens with zero attached hydrogens (tertiary/aromatic N) is 2. The molecular weight excluding hydrogens is 500 g/mol. The fourth-order valence-electron chi connectivity index (χ4n) is 3.48. The highest BCUT2D eigenvalue weighted by Crippen LogP contribution is 2.33. The monoisotopic (exact) mass is 526 g/mol. The van der Waals surface area contributed by atoms with Crippen LogP contribution in [0.2, 0.25) is 0 Å². The third kappa shape index (κ3) is 7.06. The zero-order valence-electron chi connectivity index (χ0n) is 19.9. The molecule has 0 saturated carbocycles. The van der Waals surface area contributed by atoms with Crippen molar-refractivity contribution in [3.05, 3.63) is 76.9 Å². The Hall–Kier alpha value is -3.41. The van der Waals surface area contributed by atoms with Gasteiger partial charge < -0.3 is 10.6 Å². The number of rotatable bonds is 8. The fraction of sp³-hybridized carbons (Fsp3) is 0.333. The van der Waals surface area contributed by atoms with Gasteiger partial charge in [0.25, 0.3) is 0 Å². The van der Waals surface area contributed by atoms with Gasteiger partial charge in [0.1, 0.15) is 15.7 Å². The third-order valence-electron chi connectivity index (χ3n) is 5.43. The van der Waals surface area contributed by atoms with Crippen LogP contribution in [0.25, 0.3) is 5.69 Å².